The molecule has 0 radical (unpaired) electrons. The molecular weight excluding hydrogens is 206 g/mol. The molecule has 0 fully saturated rings. The summed E-state index contributed by atoms with van der Waals surface area (Å²) in [7, 11) is 0. The second kappa shape index (κ2) is 3.92. The molecule has 0 saturated heterocycles. The number of rotatable bonds is 3. The highest BCUT2D eigenvalue weighted by molar-refractivity contribution is 5.69. The number of aliphatic carboxylic acids is 1. The second-order valence-corrected chi connectivity index (χ2v) is 3.98. The highest BCUT2D eigenvalue weighted by Gasteiger charge is 2.14. The van der Waals surface area contributed by atoms with Crippen LogP contribution >= 0.6 is 0 Å². The van der Waals surface area contributed by atoms with Gasteiger partial charge in [-0.2, -0.15) is 5.10 Å². The van der Waals surface area contributed by atoms with Crippen LogP contribution in [-0.4, -0.2) is 25.7 Å². The number of aryl methyl sites for hydroxylation is 1. The number of nitrogens with zero attached hydrogens (tertiary/aromatic N) is 3. The monoisotopic (exact) mass is 219 g/mol. The van der Waals surface area contributed by atoms with E-state index >= 15 is 0 Å². The average molecular weight is 219 g/mol. The minimum absolute atomic E-state index is 0.357. The van der Waals surface area contributed by atoms with Gasteiger partial charge in [0.2, 0.25) is 0 Å². The van der Waals surface area contributed by atoms with Gasteiger partial charge in [0.15, 0.2) is 11.5 Å². The third kappa shape index (κ3) is 2.03. The fourth-order valence-electron chi connectivity index (χ4n) is 1.48. The zero-order valence-corrected chi connectivity index (χ0v) is 9.21. The van der Waals surface area contributed by atoms with Crippen molar-refractivity contribution in [3.05, 3.63) is 29.7 Å². The third-order valence-corrected chi connectivity index (χ3v) is 2.45. The summed E-state index contributed by atoms with van der Waals surface area (Å²) in [5, 5.41) is 13.0. The molecule has 5 heteroatoms. The Balaban J connectivity index is 2.29. The molecule has 16 heavy (non-hydrogen) atoms. The molecular formula is C11H13N3O2. The van der Waals surface area contributed by atoms with E-state index in [-0.39, 0.29) is 0 Å². The average Bonchev–Trinajstić information content (AvgIpc) is 2.58. The van der Waals surface area contributed by atoms with E-state index in [1.54, 1.807) is 11.4 Å². The first-order chi connectivity index (χ1) is 7.56. The van der Waals surface area contributed by atoms with Gasteiger partial charge in [0.05, 0.1) is 5.92 Å². The molecule has 0 aliphatic carbocycles. The van der Waals surface area contributed by atoms with Crippen LogP contribution in [0.5, 0.6) is 0 Å². The van der Waals surface area contributed by atoms with E-state index in [9.17, 15) is 4.79 Å². The normalized spacial score (nSPS) is 12.9. The second-order valence-electron chi connectivity index (χ2n) is 3.98. The van der Waals surface area contributed by atoms with Crippen LogP contribution in [0.3, 0.4) is 0 Å². The van der Waals surface area contributed by atoms with Gasteiger partial charge in [0.25, 0.3) is 0 Å². The van der Waals surface area contributed by atoms with Crippen molar-refractivity contribution in [1.29, 1.82) is 0 Å². The summed E-state index contributed by atoms with van der Waals surface area (Å²) in [6.45, 7) is 3.63. The van der Waals surface area contributed by atoms with Crippen LogP contribution < -0.4 is 0 Å². The lowest BCUT2D eigenvalue weighted by Crippen LogP contribution is -2.13. The van der Waals surface area contributed by atoms with Crippen LogP contribution in [0, 0.1) is 12.8 Å². The summed E-state index contributed by atoms with van der Waals surface area (Å²) in [6.07, 6.45) is 2.18. The molecule has 5 nitrogen and oxygen atoms in total. The van der Waals surface area contributed by atoms with Gasteiger partial charge in [0, 0.05) is 12.6 Å². The quantitative estimate of drug-likeness (QED) is 0.844. The van der Waals surface area contributed by atoms with Crippen LogP contribution in [0.4, 0.5) is 0 Å². The zero-order valence-electron chi connectivity index (χ0n) is 9.21. The maximum Gasteiger partial charge on any atom is 0.306 e. The van der Waals surface area contributed by atoms with Crippen molar-refractivity contribution in [2.24, 2.45) is 5.92 Å². The van der Waals surface area contributed by atoms with Gasteiger partial charge in [-0.05, 0) is 24.6 Å². The summed E-state index contributed by atoms with van der Waals surface area (Å²) in [5.74, 6) is -0.714. The van der Waals surface area contributed by atoms with Crippen molar-refractivity contribution < 1.29 is 9.90 Å². The Labute approximate surface area is 92.7 Å². The lowest BCUT2D eigenvalue weighted by molar-refractivity contribution is -0.141. The van der Waals surface area contributed by atoms with Crippen LogP contribution in [-0.2, 0) is 11.2 Å². The smallest absolute Gasteiger partial charge is 0.306 e. The standard InChI is InChI=1S/C11H13N3O2/c1-7-3-4-14-10(5-7)12-9(13-14)6-8(2)11(15)16/h3-5,8H,6H2,1-2H3,(H,15,16). The topological polar surface area (TPSA) is 67.5 Å². The number of carboxylic acid groups (broad SMARTS) is 1. The summed E-state index contributed by atoms with van der Waals surface area (Å²) in [6, 6.07) is 3.86. The van der Waals surface area contributed by atoms with E-state index in [2.05, 4.69) is 10.1 Å². The SMILES string of the molecule is Cc1ccn2nc(CC(C)C(=O)O)nc2c1. The molecule has 0 aromatic carbocycles. The lowest BCUT2D eigenvalue weighted by Gasteiger charge is -2.00. The Morgan fingerprint density at radius 2 is 2.38 bits per heavy atom. The Kier molecular flexibility index (Phi) is 2.60. The highest BCUT2D eigenvalue weighted by atomic mass is 16.4. The molecule has 2 rings (SSSR count). The van der Waals surface area contributed by atoms with E-state index in [4.69, 9.17) is 5.11 Å². The number of aromatic nitrogens is 3. The molecule has 84 valence electrons. The fraction of sp³-hybridized carbons (Fsp3) is 0.364. The summed E-state index contributed by atoms with van der Waals surface area (Å²) >= 11 is 0. The summed E-state index contributed by atoms with van der Waals surface area (Å²) in [4.78, 5) is 15.0. The van der Waals surface area contributed by atoms with Gasteiger partial charge in [-0.15, -0.1) is 0 Å². The van der Waals surface area contributed by atoms with Crippen molar-refractivity contribution in [3.63, 3.8) is 0 Å². The van der Waals surface area contributed by atoms with E-state index in [1.165, 1.54) is 0 Å². The Morgan fingerprint density at radius 1 is 1.62 bits per heavy atom. The predicted octanol–water partition coefficient (Wildman–Crippen LogP) is 1.30. The van der Waals surface area contributed by atoms with Crippen molar-refractivity contribution in [2.45, 2.75) is 20.3 Å². The predicted molar refractivity (Wildman–Crippen MR) is 58.2 cm³/mol. The number of carbonyl (C=O) groups is 1. The molecule has 1 unspecified atom stereocenters. The number of hydrogen-bond acceptors (Lipinski definition) is 3. The van der Waals surface area contributed by atoms with Gasteiger partial charge in [-0.25, -0.2) is 9.50 Å². The molecule has 0 bridgehead atoms. The number of fused-ring (bicyclic) bond motifs is 1. The first-order valence-corrected chi connectivity index (χ1v) is 5.11. The van der Waals surface area contributed by atoms with Crippen LogP contribution in [0.25, 0.3) is 5.65 Å². The van der Waals surface area contributed by atoms with Crippen molar-refractivity contribution in [2.75, 3.05) is 0 Å². The van der Waals surface area contributed by atoms with E-state index in [0.717, 1.165) is 11.2 Å². The maximum absolute atomic E-state index is 10.7. The van der Waals surface area contributed by atoms with E-state index in [0.29, 0.717) is 12.2 Å². The molecule has 0 amide bonds. The zero-order chi connectivity index (χ0) is 11.7. The van der Waals surface area contributed by atoms with Gasteiger partial charge < -0.3 is 5.11 Å². The Bertz CT molecular complexity index is 533. The van der Waals surface area contributed by atoms with Gasteiger partial charge in [-0.1, -0.05) is 6.92 Å². The van der Waals surface area contributed by atoms with E-state index < -0.39 is 11.9 Å². The lowest BCUT2D eigenvalue weighted by atomic mass is 10.1. The summed E-state index contributed by atoms with van der Waals surface area (Å²) < 4.78 is 1.66. The first-order valence-electron chi connectivity index (χ1n) is 5.11. The Morgan fingerprint density at radius 3 is 3.06 bits per heavy atom. The van der Waals surface area contributed by atoms with E-state index in [1.807, 2.05) is 25.3 Å². The minimum atomic E-state index is -0.824. The number of pyridine rings is 1. The molecule has 2 aromatic heterocycles. The molecule has 2 heterocycles. The molecule has 0 spiro atoms. The Hall–Kier alpha value is -1.91. The van der Waals surface area contributed by atoms with Crippen LogP contribution in [0.1, 0.15) is 18.3 Å². The molecule has 0 saturated carbocycles. The number of hydrogen-bond donors (Lipinski definition) is 1. The highest BCUT2D eigenvalue weighted by Crippen LogP contribution is 2.08. The maximum atomic E-state index is 10.7. The molecule has 0 aliphatic heterocycles. The molecule has 0 aliphatic rings. The van der Waals surface area contributed by atoms with Crippen molar-refractivity contribution >= 4 is 11.6 Å². The summed E-state index contributed by atoms with van der Waals surface area (Å²) in [5.41, 5.74) is 1.87. The fourth-order valence-corrected chi connectivity index (χ4v) is 1.48. The molecule has 2 aromatic rings. The third-order valence-electron chi connectivity index (χ3n) is 2.45. The number of carboxylic acids is 1. The molecule has 1 atom stereocenters. The first kappa shape index (κ1) is 10.6. The van der Waals surface area contributed by atoms with Gasteiger partial charge in [-0.3, -0.25) is 4.79 Å². The minimum Gasteiger partial charge on any atom is -0.481 e. The largest absolute Gasteiger partial charge is 0.481 e. The van der Waals surface area contributed by atoms with Crippen molar-refractivity contribution in [1.82, 2.24) is 14.6 Å². The van der Waals surface area contributed by atoms with Crippen LogP contribution in [0.15, 0.2) is 18.3 Å². The van der Waals surface area contributed by atoms with Gasteiger partial charge in [0.1, 0.15) is 0 Å². The molecule has 1 N–H and O–H groups in total. The van der Waals surface area contributed by atoms with Crippen LogP contribution in [0.2, 0.25) is 0 Å². The van der Waals surface area contributed by atoms with Crippen molar-refractivity contribution in [3.8, 4) is 0 Å². The van der Waals surface area contributed by atoms with Gasteiger partial charge >= 0.3 is 5.97 Å².